The van der Waals surface area contributed by atoms with E-state index in [2.05, 4.69) is 36.5 Å². The number of fused-ring (bicyclic) bond motifs is 1. The molecule has 86 valence electrons. The first-order chi connectivity index (χ1) is 7.75. The van der Waals surface area contributed by atoms with Crippen molar-refractivity contribution in [3.8, 4) is 0 Å². The van der Waals surface area contributed by atoms with Crippen molar-refractivity contribution in [2.45, 2.75) is 48.3 Å². The topological polar surface area (TPSA) is 12.0 Å². The summed E-state index contributed by atoms with van der Waals surface area (Å²) in [5.41, 5.74) is 1.99. The third-order valence-electron chi connectivity index (χ3n) is 3.93. The Balaban J connectivity index is 1.56. The van der Waals surface area contributed by atoms with Gasteiger partial charge in [-0.3, -0.25) is 0 Å². The molecule has 16 heavy (non-hydrogen) atoms. The van der Waals surface area contributed by atoms with Crippen molar-refractivity contribution in [2.75, 3.05) is 6.54 Å². The van der Waals surface area contributed by atoms with Gasteiger partial charge in [-0.2, -0.15) is 0 Å². The molecule has 1 aromatic carbocycles. The summed E-state index contributed by atoms with van der Waals surface area (Å²) in [6.07, 6.45) is 5.36. The smallest absolute Gasteiger partial charge is 0.0260 e. The number of nitrogens with one attached hydrogen (secondary N) is 1. The molecule has 2 heteroatoms. The number of benzene rings is 1. The third-order valence-corrected chi connectivity index (χ3v) is 5.25. The molecule has 3 rings (SSSR count). The van der Waals surface area contributed by atoms with E-state index in [1.54, 1.807) is 0 Å². The van der Waals surface area contributed by atoms with Crippen LogP contribution in [0.15, 0.2) is 29.2 Å². The summed E-state index contributed by atoms with van der Waals surface area (Å²) >= 11 is 2.05. The molecular formula is C14H19NS. The number of hydrogen-bond acceptors (Lipinski definition) is 2. The molecule has 1 heterocycles. The first-order valence-corrected chi connectivity index (χ1v) is 7.13. The van der Waals surface area contributed by atoms with Gasteiger partial charge in [-0.1, -0.05) is 18.2 Å². The van der Waals surface area contributed by atoms with Gasteiger partial charge in [0.05, 0.1) is 0 Å². The maximum absolute atomic E-state index is 3.75. The molecule has 2 aliphatic rings. The van der Waals surface area contributed by atoms with E-state index in [0.29, 0.717) is 5.54 Å². The zero-order valence-electron chi connectivity index (χ0n) is 9.83. The van der Waals surface area contributed by atoms with Crippen LogP contribution in [0.5, 0.6) is 0 Å². The second-order valence-corrected chi connectivity index (χ2v) is 6.69. The minimum atomic E-state index is 0.454. The Morgan fingerprint density at radius 1 is 1.38 bits per heavy atom. The van der Waals surface area contributed by atoms with Crippen LogP contribution in [0.4, 0.5) is 0 Å². The maximum atomic E-state index is 3.75. The van der Waals surface area contributed by atoms with Crippen LogP contribution in [0.2, 0.25) is 0 Å². The van der Waals surface area contributed by atoms with E-state index in [1.807, 2.05) is 11.8 Å². The first kappa shape index (κ1) is 10.7. The lowest BCUT2D eigenvalue weighted by Crippen LogP contribution is -2.50. The number of rotatable bonds is 3. The molecule has 1 fully saturated rings. The highest BCUT2D eigenvalue weighted by atomic mass is 32.2. The Labute approximate surface area is 102 Å². The predicted molar refractivity (Wildman–Crippen MR) is 70.0 cm³/mol. The molecule has 0 saturated heterocycles. The molecular weight excluding hydrogens is 214 g/mol. The number of hydrogen-bond donors (Lipinski definition) is 1. The molecule has 1 aromatic rings. The average Bonchev–Trinajstić information content (AvgIpc) is 2.66. The molecule has 1 saturated carbocycles. The largest absolute Gasteiger partial charge is 0.310 e. The van der Waals surface area contributed by atoms with E-state index in [4.69, 9.17) is 0 Å². The van der Waals surface area contributed by atoms with Crippen LogP contribution in [0.3, 0.4) is 0 Å². The van der Waals surface area contributed by atoms with E-state index in [1.165, 1.54) is 36.1 Å². The Morgan fingerprint density at radius 2 is 2.19 bits per heavy atom. The molecule has 1 unspecified atom stereocenters. The second-order valence-electron chi connectivity index (χ2n) is 5.35. The predicted octanol–water partition coefficient (Wildman–Crippen LogP) is 3.24. The van der Waals surface area contributed by atoms with Gasteiger partial charge in [0, 0.05) is 22.2 Å². The Bertz CT molecular complexity index is 359. The summed E-state index contributed by atoms with van der Waals surface area (Å²) < 4.78 is 0. The Kier molecular flexibility index (Phi) is 2.72. The summed E-state index contributed by atoms with van der Waals surface area (Å²) in [5, 5.41) is 4.50. The first-order valence-electron chi connectivity index (χ1n) is 6.25. The van der Waals surface area contributed by atoms with Gasteiger partial charge in [0.1, 0.15) is 0 Å². The quantitative estimate of drug-likeness (QED) is 0.860. The lowest BCUT2D eigenvalue weighted by Gasteiger charge is -2.40. The van der Waals surface area contributed by atoms with Crippen molar-refractivity contribution in [2.24, 2.45) is 0 Å². The minimum absolute atomic E-state index is 0.454. The lowest BCUT2D eigenvalue weighted by atomic mass is 9.78. The van der Waals surface area contributed by atoms with Crippen LogP contribution in [0, 0.1) is 0 Å². The minimum Gasteiger partial charge on any atom is -0.310 e. The molecule has 1 aliphatic heterocycles. The van der Waals surface area contributed by atoms with Crippen LogP contribution in [-0.2, 0) is 6.42 Å². The molecule has 0 bridgehead atoms. The SMILES string of the molecule is CC1(NCC2Cc3ccccc3S2)CCC1. The monoisotopic (exact) mass is 233 g/mol. The summed E-state index contributed by atoms with van der Waals surface area (Å²) in [7, 11) is 0. The van der Waals surface area contributed by atoms with E-state index in [-0.39, 0.29) is 0 Å². The van der Waals surface area contributed by atoms with Crippen molar-refractivity contribution in [1.29, 1.82) is 0 Å². The highest BCUT2D eigenvalue weighted by Crippen LogP contribution is 2.37. The molecule has 1 nitrogen and oxygen atoms in total. The summed E-state index contributed by atoms with van der Waals surface area (Å²) in [5.74, 6) is 0. The van der Waals surface area contributed by atoms with Crippen LogP contribution < -0.4 is 5.32 Å². The van der Waals surface area contributed by atoms with Gasteiger partial charge in [0.25, 0.3) is 0 Å². The van der Waals surface area contributed by atoms with Gasteiger partial charge >= 0.3 is 0 Å². The van der Waals surface area contributed by atoms with Crippen LogP contribution in [0.1, 0.15) is 31.7 Å². The Morgan fingerprint density at radius 3 is 2.88 bits per heavy atom. The zero-order valence-corrected chi connectivity index (χ0v) is 10.6. The van der Waals surface area contributed by atoms with Crippen molar-refractivity contribution < 1.29 is 0 Å². The molecule has 0 amide bonds. The van der Waals surface area contributed by atoms with Crippen LogP contribution in [0.25, 0.3) is 0 Å². The van der Waals surface area contributed by atoms with Crippen molar-refractivity contribution >= 4 is 11.8 Å². The third kappa shape index (κ3) is 2.01. The van der Waals surface area contributed by atoms with Crippen molar-refractivity contribution in [1.82, 2.24) is 5.32 Å². The van der Waals surface area contributed by atoms with Gasteiger partial charge in [-0.25, -0.2) is 0 Å². The highest BCUT2D eigenvalue weighted by molar-refractivity contribution is 8.00. The fraction of sp³-hybridized carbons (Fsp3) is 0.571. The van der Waals surface area contributed by atoms with Crippen molar-refractivity contribution in [3.05, 3.63) is 29.8 Å². The zero-order chi connectivity index (χ0) is 11.0. The van der Waals surface area contributed by atoms with Gasteiger partial charge in [-0.05, 0) is 44.2 Å². The highest BCUT2D eigenvalue weighted by Gasteiger charge is 2.32. The Hall–Kier alpha value is -0.470. The van der Waals surface area contributed by atoms with Crippen molar-refractivity contribution in [3.63, 3.8) is 0 Å². The normalized spacial score (nSPS) is 26.2. The molecule has 1 atom stereocenters. The van der Waals surface area contributed by atoms with E-state index in [9.17, 15) is 0 Å². The summed E-state index contributed by atoms with van der Waals surface area (Å²) in [4.78, 5) is 1.49. The fourth-order valence-electron chi connectivity index (χ4n) is 2.61. The number of thioether (sulfide) groups is 1. The molecule has 0 spiro atoms. The van der Waals surface area contributed by atoms with Gasteiger partial charge in [0.2, 0.25) is 0 Å². The molecule has 0 radical (unpaired) electrons. The van der Waals surface area contributed by atoms with Gasteiger partial charge < -0.3 is 5.32 Å². The molecule has 0 aromatic heterocycles. The molecule has 1 aliphatic carbocycles. The lowest BCUT2D eigenvalue weighted by molar-refractivity contribution is 0.210. The van der Waals surface area contributed by atoms with Gasteiger partial charge in [-0.15, -0.1) is 11.8 Å². The van der Waals surface area contributed by atoms with Crippen LogP contribution in [-0.4, -0.2) is 17.3 Å². The average molecular weight is 233 g/mol. The standard InChI is InChI=1S/C14H19NS/c1-14(7-4-8-14)15-10-12-9-11-5-2-3-6-13(11)16-12/h2-3,5-6,12,15H,4,7-10H2,1H3. The molecule has 1 N–H and O–H groups in total. The van der Waals surface area contributed by atoms with E-state index in [0.717, 1.165) is 11.8 Å². The second kappa shape index (κ2) is 4.08. The van der Waals surface area contributed by atoms with E-state index >= 15 is 0 Å². The fourth-order valence-corrected chi connectivity index (χ4v) is 3.86. The van der Waals surface area contributed by atoms with Gasteiger partial charge in [0.15, 0.2) is 0 Å². The maximum Gasteiger partial charge on any atom is 0.0260 e. The summed E-state index contributed by atoms with van der Waals surface area (Å²) in [6, 6.07) is 8.83. The van der Waals surface area contributed by atoms with E-state index < -0.39 is 0 Å². The summed E-state index contributed by atoms with van der Waals surface area (Å²) in [6.45, 7) is 3.53. The van der Waals surface area contributed by atoms with Crippen LogP contribution >= 0.6 is 11.8 Å².